The average Bonchev–Trinajstić information content (AvgIpc) is 2.54. The summed E-state index contributed by atoms with van der Waals surface area (Å²) >= 11 is 0. The van der Waals surface area contributed by atoms with Crippen LogP contribution in [0.2, 0.25) is 0 Å². The first kappa shape index (κ1) is 14.6. The molecule has 0 saturated heterocycles. The topological polar surface area (TPSA) is 53.8 Å². The highest BCUT2D eigenvalue weighted by molar-refractivity contribution is 5.66. The Morgan fingerprint density at radius 2 is 1.82 bits per heavy atom. The number of aliphatic carboxylic acids is 1. The van der Waals surface area contributed by atoms with Crippen molar-refractivity contribution in [3.8, 4) is 5.75 Å². The largest absolute Gasteiger partial charge is 0.546 e. The molecule has 114 valence electrons. The van der Waals surface area contributed by atoms with E-state index in [9.17, 15) is 9.90 Å². The fourth-order valence-corrected chi connectivity index (χ4v) is 2.93. The van der Waals surface area contributed by atoms with Crippen molar-refractivity contribution in [3.05, 3.63) is 65.2 Å². The van der Waals surface area contributed by atoms with Crippen molar-refractivity contribution in [1.29, 1.82) is 0 Å². The molecule has 1 heterocycles. The quantitative estimate of drug-likeness (QED) is 0.842. The monoisotopic (exact) mass is 297 g/mol. The molecule has 3 rings (SSSR count). The standard InChI is InChI=1S/C18H19NO3/c20-18(21)13-22-17-7-5-14(6-8-17)11-19-10-9-15-3-1-2-4-16(15)12-19/h1-8H,9-13H2,(H,20,21). The molecule has 1 unspecified atom stereocenters. The van der Waals surface area contributed by atoms with Crippen molar-refractivity contribution < 1.29 is 19.5 Å². The summed E-state index contributed by atoms with van der Waals surface area (Å²) in [5.41, 5.74) is 4.14. The number of quaternary nitrogens is 1. The lowest BCUT2D eigenvalue weighted by molar-refractivity contribution is -0.929. The molecule has 0 amide bonds. The van der Waals surface area contributed by atoms with Crippen LogP contribution in [0, 0.1) is 0 Å². The van der Waals surface area contributed by atoms with Gasteiger partial charge >= 0.3 is 0 Å². The first-order valence-corrected chi connectivity index (χ1v) is 7.52. The van der Waals surface area contributed by atoms with E-state index < -0.39 is 12.6 Å². The number of rotatable bonds is 5. The molecule has 1 atom stereocenters. The minimum Gasteiger partial charge on any atom is -0.546 e. The van der Waals surface area contributed by atoms with Gasteiger partial charge in [0.1, 0.15) is 25.4 Å². The lowest BCUT2D eigenvalue weighted by Gasteiger charge is -2.26. The first-order valence-electron chi connectivity index (χ1n) is 7.52. The predicted molar refractivity (Wildman–Crippen MR) is 80.3 cm³/mol. The number of hydrogen-bond acceptors (Lipinski definition) is 3. The van der Waals surface area contributed by atoms with Gasteiger partial charge in [-0.25, -0.2) is 0 Å². The van der Waals surface area contributed by atoms with E-state index in [-0.39, 0.29) is 0 Å². The van der Waals surface area contributed by atoms with Crippen LogP contribution in [-0.4, -0.2) is 19.1 Å². The normalized spacial score (nSPS) is 16.8. The Balaban J connectivity index is 1.59. The molecule has 0 saturated carbocycles. The molecule has 0 bridgehead atoms. The number of fused-ring (bicyclic) bond motifs is 1. The number of carbonyl (C=O) groups excluding carboxylic acids is 1. The summed E-state index contributed by atoms with van der Waals surface area (Å²) in [7, 11) is 0. The second kappa shape index (κ2) is 6.62. The number of carbonyl (C=O) groups is 1. The van der Waals surface area contributed by atoms with Gasteiger partial charge in [0, 0.05) is 17.5 Å². The molecule has 0 spiro atoms. The van der Waals surface area contributed by atoms with E-state index in [4.69, 9.17) is 4.74 Å². The van der Waals surface area contributed by atoms with Crippen LogP contribution in [-0.2, 0) is 24.3 Å². The number of hydrogen-bond donors (Lipinski definition) is 1. The highest BCUT2D eigenvalue weighted by atomic mass is 16.5. The molecule has 4 heteroatoms. The lowest BCUT2D eigenvalue weighted by atomic mass is 9.99. The maximum Gasteiger partial charge on any atom is 0.128 e. The summed E-state index contributed by atoms with van der Waals surface area (Å²) in [6.45, 7) is 2.75. The van der Waals surface area contributed by atoms with E-state index in [0.29, 0.717) is 5.75 Å². The Kier molecular flexibility index (Phi) is 4.39. The summed E-state index contributed by atoms with van der Waals surface area (Å²) in [4.78, 5) is 11.9. The smallest absolute Gasteiger partial charge is 0.128 e. The van der Waals surface area contributed by atoms with Crippen LogP contribution in [0.15, 0.2) is 48.5 Å². The van der Waals surface area contributed by atoms with Crippen molar-refractivity contribution in [1.82, 2.24) is 0 Å². The third-order valence-corrected chi connectivity index (χ3v) is 4.04. The van der Waals surface area contributed by atoms with Crippen molar-refractivity contribution in [2.45, 2.75) is 19.5 Å². The number of carboxylic acids is 1. The van der Waals surface area contributed by atoms with E-state index in [1.165, 1.54) is 16.7 Å². The number of carboxylic acid groups (broad SMARTS) is 1. The van der Waals surface area contributed by atoms with Gasteiger partial charge in [-0.05, 0) is 29.8 Å². The molecule has 0 aromatic heterocycles. The minimum absolute atomic E-state index is 0.409. The minimum atomic E-state index is -1.21. The molecule has 0 radical (unpaired) electrons. The van der Waals surface area contributed by atoms with E-state index in [2.05, 4.69) is 24.3 Å². The third kappa shape index (κ3) is 3.65. The van der Waals surface area contributed by atoms with Gasteiger partial charge in [0.05, 0.1) is 12.5 Å². The van der Waals surface area contributed by atoms with E-state index >= 15 is 0 Å². The molecule has 1 aliphatic rings. The van der Waals surface area contributed by atoms with Gasteiger partial charge in [0.2, 0.25) is 0 Å². The van der Waals surface area contributed by atoms with Gasteiger partial charge in [-0.15, -0.1) is 0 Å². The summed E-state index contributed by atoms with van der Waals surface area (Å²) in [6.07, 6.45) is 1.12. The number of benzene rings is 2. The van der Waals surface area contributed by atoms with Gasteiger partial charge in [-0.3, -0.25) is 0 Å². The Labute approximate surface area is 130 Å². The maximum atomic E-state index is 10.4. The molecular formula is C18H19NO3. The van der Waals surface area contributed by atoms with Crippen LogP contribution < -0.4 is 14.7 Å². The van der Waals surface area contributed by atoms with Gasteiger partial charge in [-0.2, -0.15) is 0 Å². The maximum absolute atomic E-state index is 10.4. The van der Waals surface area contributed by atoms with E-state index in [1.807, 2.05) is 24.3 Å². The summed E-state index contributed by atoms with van der Waals surface area (Å²) in [5, 5.41) is 10.4. The van der Waals surface area contributed by atoms with Crippen molar-refractivity contribution in [2.24, 2.45) is 0 Å². The van der Waals surface area contributed by atoms with Crippen LogP contribution in [0.1, 0.15) is 16.7 Å². The molecule has 4 nitrogen and oxygen atoms in total. The molecular weight excluding hydrogens is 278 g/mol. The molecule has 0 fully saturated rings. The molecule has 1 aliphatic heterocycles. The first-order chi connectivity index (χ1) is 10.7. The van der Waals surface area contributed by atoms with Crippen LogP contribution in [0.25, 0.3) is 0 Å². The zero-order valence-corrected chi connectivity index (χ0v) is 12.4. The molecule has 2 aromatic carbocycles. The number of nitrogens with one attached hydrogen (secondary N) is 1. The van der Waals surface area contributed by atoms with Crippen LogP contribution in [0.3, 0.4) is 0 Å². The van der Waals surface area contributed by atoms with Crippen LogP contribution in [0.4, 0.5) is 0 Å². The second-order valence-corrected chi connectivity index (χ2v) is 5.68. The SMILES string of the molecule is O=C([O-])COc1ccc(C[NH+]2CCc3ccccc3C2)cc1. The Bertz CT molecular complexity index is 652. The molecule has 2 aromatic rings. The fourth-order valence-electron chi connectivity index (χ4n) is 2.93. The fraction of sp³-hybridized carbons (Fsp3) is 0.278. The van der Waals surface area contributed by atoms with Crippen LogP contribution in [0.5, 0.6) is 5.75 Å². The highest BCUT2D eigenvalue weighted by Gasteiger charge is 2.18. The van der Waals surface area contributed by atoms with Gasteiger partial charge in [0.15, 0.2) is 0 Å². The Morgan fingerprint density at radius 3 is 2.55 bits per heavy atom. The lowest BCUT2D eigenvalue weighted by Crippen LogP contribution is -3.10. The summed E-state index contributed by atoms with van der Waals surface area (Å²) < 4.78 is 5.09. The molecule has 22 heavy (non-hydrogen) atoms. The van der Waals surface area contributed by atoms with Gasteiger partial charge < -0.3 is 19.5 Å². The Hall–Kier alpha value is -2.33. The van der Waals surface area contributed by atoms with Crippen molar-refractivity contribution in [3.63, 3.8) is 0 Å². The second-order valence-electron chi connectivity index (χ2n) is 5.68. The van der Waals surface area contributed by atoms with Crippen molar-refractivity contribution >= 4 is 5.97 Å². The van der Waals surface area contributed by atoms with Gasteiger partial charge in [-0.1, -0.05) is 24.3 Å². The molecule has 1 N–H and O–H groups in total. The molecule has 0 aliphatic carbocycles. The summed E-state index contributed by atoms with van der Waals surface area (Å²) in [6, 6.07) is 16.3. The predicted octanol–water partition coefficient (Wildman–Crippen LogP) is -0.0435. The van der Waals surface area contributed by atoms with Crippen molar-refractivity contribution in [2.75, 3.05) is 13.2 Å². The zero-order valence-electron chi connectivity index (χ0n) is 12.4. The zero-order chi connectivity index (χ0) is 15.4. The Morgan fingerprint density at radius 1 is 1.09 bits per heavy atom. The van der Waals surface area contributed by atoms with Gasteiger partial charge in [0.25, 0.3) is 0 Å². The van der Waals surface area contributed by atoms with E-state index in [0.717, 1.165) is 26.1 Å². The third-order valence-electron chi connectivity index (χ3n) is 4.04. The summed E-state index contributed by atoms with van der Waals surface area (Å²) in [5.74, 6) is -0.646. The van der Waals surface area contributed by atoms with E-state index in [1.54, 1.807) is 4.90 Å². The van der Waals surface area contributed by atoms with Crippen LogP contribution >= 0.6 is 0 Å². The average molecular weight is 297 g/mol. The highest BCUT2D eigenvalue weighted by Crippen LogP contribution is 2.13. The number of ether oxygens (including phenoxy) is 1.